The van der Waals surface area contributed by atoms with Crippen LogP contribution in [0.25, 0.3) is 11.4 Å². The fourth-order valence-corrected chi connectivity index (χ4v) is 6.30. The number of fused-ring (bicyclic) bond motifs is 3. The first-order valence-electron chi connectivity index (χ1n) is 12.3. The van der Waals surface area contributed by atoms with E-state index in [2.05, 4.69) is 45.5 Å². The van der Waals surface area contributed by atoms with E-state index < -0.39 is 0 Å². The van der Waals surface area contributed by atoms with Crippen molar-refractivity contribution in [1.29, 1.82) is 0 Å². The third-order valence-electron chi connectivity index (χ3n) is 8.40. The zero-order valence-electron chi connectivity index (χ0n) is 19.8. The minimum atomic E-state index is -0.296. The number of hydrogen-bond donors (Lipinski definition) is 0. The molecule has 0 unspecified atom stereocenters. The molecular weight excluding hydrogens is 432 g/mol. The fourth-order valence-electron chi connectivity index (χ4n) is 6.30. The molecule has 1 aromatic heterocycles. The molecule has 9 nitrogen and oxygen atoms in total. The van der Waals surface area contributed by atoms with Crippen LogP contribution in [0.5, 0.6) is 0 Å². The number of likely N-dealkylation sites (tertiary alicyclic amines) is 1. The zero-order valence-corrected chi connectivity index (χ0v) is 19.8. The summed E-state index contributed by atoms with van der Waals surface area (Å²) in [5.74, 6) is 0.748. The fraction of sp³-hybridized carbons (Fsp3) is 0.560. The number of nitrogens with zero attached hydrogens (tertiary/aromatic N) is 6. The predicted molar refractivity (Wildman–Crippen MR) is 123 cm³/mol. The summed E-state index contributed by atoms with van der Waals surface area (Å²) in [6.45, 7) is 7.52. The Kier molecular flexibility index (Phi) is 5.05. The summed E-state index contributed by atoms with van der Waals surface area (Å²) < 4.78 is 7.00. The molecule has 0 atom stereocenters. The molecule has 2 aromatic rings. The molecule has 1 aromatic carbocycles. The van der Waals surface area contributed by atoms with Gasteiger partial charge in [0, 0.05) is 24.7 Å². The maximum Gasteiger partial charge on any atom is 0.336 e. The maximum atomic E-state index is 13.4. The van der Waals surface area contributed by atoms with E-state index in [1.165, 1.54) is 11.1 Å². The topological polar surface area (TPSA) is 93.5 Å². The average Bonchev–Trinajstić information content (AvgIpc) is 3.59. The Morgan fingerprint density at radius 2 is 2.03 bits per heavy atom. The number of tetrazole rings is 1. The predicted octanol–water partition coefficient (Wildman–Crippen LogP) is 2.52. The van der Waals surface area contributed by atoms with Gasteiger partial charge in [-0.05, 0) is 67.1 Å². The minimum Gasteiger partial charge on any atom is -0.456 e. The van der Waals surface area contributed by atoms with Crippen molar-refractivity contribution >= 4 is 11.9 Å². The van der Waals surface area contributed by atoms with Gasteiger partial charge in [-0.15, -0.1) is 5.10 Å². The first-order valence-corrected chi connectivity index (χ1v) is 12.3. The minimum absolute atomic E-state index is 0.195. The standard InChI is InChI=1S/C25H30N6O3/c1-3-29(13-17-4-5-20-18(12-17)14-31-22(20)26-27-28-31)19-6-8-25(9-7-19)10-11-30(24(25)33)21-15-34-23(32)16(21)2/h4-5,12,19H,3,6-11,13-15H2,1-2H3. The summed E-state index contributed by atoms with van der Waals surface area (Å²) in [5, 5.41) is 12.0. The van der Waals surface area contributed by atoms with E-state index in [0.717, 1.165) is 68.8 Å². The highest BCUT2D eigenvalue weighted by Crippen LogP contribution is 2.47. The van der Waals surface area contributed by atoms with Gasteiger partial charge in [-0.2, -0.15) is 0 Å². The van der Waals surface area contributed by atoms with Crippen molar-refractivity contribution in [2.75, 3.05) is 19.7 Å². The number of amides is 1. The second-order valence-corrected chi connectivity index (χ2v) is 10.1. The Hall–Kier alpha value is -3.07. The highest BCUT2D eigenvalue weighted by Gasteiger charge is 2.50. The Balaban J connectivity index is 1.11. The second kappa shape index (κ2) is 8.01. The number of esters is 1. The smallest absolute Gasteiger partial charge is 0.336 e. The number of hydrogen-bond acceptors (Lipinski definition) is 7. The highest BCUT2D eigenvalue weighted by atomic mass is 16.5. The van der Waals surface area contributed by atoms with Gasteiger partial charge in [-0.25, -0.2) is 9.48 Å². The van der Waals surface area contributed by atoms with E-state index in [1.807, 2.05) is 9.58 Å². The normalized spacial score (nSPS) is 26.1. The van der Waals surface area contributed by atoms with Gasteiger partial charge < -0.3 is 9.64 Å². The Bertz CT molecular complexity index is 1190. The molecule has 6 rings (SSSR count). The molecular formula is C25H30N6O3. The van der Waals surface area contributed by atoms with Crippen molar-refractivity contribution in [3.8, 4) is 11.4 Å². The summed E-state index contributed by atoms with van der Waals surface area (Å²) in [6, 6.07) is 7.08. The van der Waals surface area contributed by atoms with Gasteiger partial charge in [0.25, 0.3) is 0 Å². The van der Waals surface area contributed by atoms with Gasteiger partial charge in [0.15, 0.2) is 5.82 Å². The number of carbonyl (C=O) groups is 2. The van der Waals surface area contributed by atoms with Crippen molar-refractivity contribution in [1.82, 2.24) is 30.0 Å². The molecule has 2 fully saturated rings. The average molecular weight is 463 g/mol. The number of rotatable bonds is 5. The van der Waals surface area contributed by atoms with Crippen LogP contribution in [0.4, 0.5) is 0 Å². The lowest BCUT2D eigenvalue weighted by Gasteiger charge is -2.40. The molecule has 1 saturated heterocycles. The van der Waals surface area contributed by atoms with Crippen LogP contribution in [-0.2, 0) is 27.4 Å². The molecule has 178 valence electrons. The third-order valence-corrected chi connectivity index (χ3v) is 8.40. The molecule has 4 heterocycles. The zero-order chi connectivity index (χ0) is 23.4. The largest absolute Gasteiger partial charge is 0.456 e. The van der Waals surface area contributed by atoms with Crippen molar-refractivity contribution in [2.45, 2.75) is 65.1 Å². The van der Waals surface area contributed by atoms with Crippen LogP contribution in [-0.4, -0.2) is 67.6 Å². The lowest BCUT2D eigenvalue weighted by Crippen LogP contribution is -2.43. The van der Waals surface area contributed by atoms with Crippen molar-refractivity contribution in [3.05, 3.63) is 40.6 Å². The molecule has 1 aliphatic carbocycles. The van der Waals surface area contributed by atoms with Crippen LogP contribution < -0.4 is 0 Å². The van der Waals surface area contributed by atoms with Crippen molar-refractivity contribution in [2.24, 2.45) is 5.41 Å². The highest BCUT2D eigenvalue weighted by molar-refractivity contribution is 5.94. The van der Waals surface area contributed by atoms with E-state index in [4.69, 9.17) is 4.74 Å². The van der Waals surface area contributed by atoms with Gasteiger partial charge in [0.2, 0.25) is 5.91 Å². The number of ether oxygens (including phenoxy) is 1. The van der Waals surface area contributed by atoms with E-state index in [-0.39, 0.29) is 23.9 Å². The van der Waals surface area contributed by atoms with Gasteiger partial charge in [-0.1, -0.05) is 25.1 Å². The van der Waals surface area contributed by atoms with Crippen LogP contribution in [0.3, 0.4) is 0 Å². The Labute approximate surface area is 198 Å². The lowest BCUT2D eigenvalue weighted by molar-refractivity contribution is -0.138. The van der Waals surface area contributed by atoms with Crippen LogP contribution in [0.2, 0.25) is 0 Å². The van der Waals surface area contributed by atoms with Crippen LogP contribution in [0.15, 0.2) is 29.5 Å². The number of cyclic esters (lactones) is 1. The monoisotopic (exact) mass is 462 g/mol. The van der Waals surface area contributed by atoms with Crippen LogP contribution in [0, 0.1) is 5.41 Å². The first-order chi connectivity index (χ1) is 16.5. The van der Waals surface area contributed by atoms with Crippen LogP contribution in [0.1, 0.15) is 57.1 Å². The Morgan fingerprint density at radius 3 is 2.76 bits per heavy atom. The van der Waals surface area contributed by atoms with E-state index in [0.29, 0.717) is 18.2 Å². The molecule has 1 saturated carbocycles. The van der Waals surface area contributed by atoms with Crippen molar-refractivity contribution in [3.63, 3.8) is 0 Å². The molecule has 0 N–H and O–H groups in total. The summed E-state index contributed by atoms with van der Waals surface area (Å²) in [5.41, 5.74) is 4.76. The van der Waals surface area contributed by atoms with E-state index >= 15 is 0 Å². The van der Waals surface area contributed by atoms with Gasteiger partial charge in [0.1, 0.15) is 6.61 Å². The second-order valence-electron chi connectivity index (χ2n) is 10.1. The van der Waals surface area contributed by atoms with Gasteiger partial charge in [-0.3, -0.25) is 9.69 Å². The molecule has 4 aliphatic rings. The number of carbonyl (C=O) groups excluding carboxylic acids is 2. The summed E-state index contributed by atoms with van der Waals surface area (Å²) in [4.78, 5) is 29.6. The van der Waals surface area contributed by atoms with E-state index in [9.17, 15) is 9.59 Å². The summed E-state index contributed by atoms with van der Waals surface area (Å²) in [7, 11) is 0. The number of benzene rings is 1. The molecule has 0 bridgehead atoms. The van der Waals surface area contributed by atoms with Crippen LogP contribution >= 0.6 is 0 Å². The molecule has 3 aliphatic heterocycles. The van der Waals surface area contributed by atoms with Gasteiger partial charge in [0.05, 0.1) is 23.2 Å². The summed E-state index contributed by atoms with van der Waals surface area (Å²) in [6.07, 6.45) is 4.75. The van der Waals surface area contributed by atoms with Crippen molar-refractivity contribution < 1.29 is 14.3 Å². The Morgan fingerprint density at radius 1 is 1.21 bits per heavy atom. The molecule has 1 spiro atoms. The first kappa shape index (κ1) is 21.5. The van der Waals surface area contributed by atoms with Gasteiger partial charge >= 0.3 is 5.97 Å². The molecule has 0 radical (unpaired) electrons. The lowest BCUT2D eigenvalue weighted by atomic mass is 9.71. The maximum absolute atomic E-state index is 13.4. The quantitative estimate of drug-likeness (QED) is 0.538. The SMILES string of the molecule is CCN(Cc1ccc2c(c1)Cn1nnnc1-2)C1CCC2(CC1)CCN(C1=C(C)C(=O)OC1)C2=O. The third kappa shape index (κ3) is 3.28. The number of aromatic nitrogens is 4. The molecule has 1 amide bonds. The summed E-state index contributed by atoms with van der Waals surface area (Å²) >= 11 is 0. The molecule has 9 heteroatoms. The van der Waals surface area contributed by atoms with E-state index in [1.54, 1.807) is 6.92 Å². The molecule has 34 heavy (non-hydrogen) atoms.